The molecular weight excluding hydrogens is 263 g/mol. The predicted octanol–water partition coefficient (Wildman–Crippen LogP) is 0.895. The highest BCUT2D eigenvalue weighted by molar-refractivity contribution is 5.85. The fourth-order valence-electron chi connectivity index (χ4n) is 1.16. The van der Waals surface area contributed by atoms with Gasteiger partial charge in [0, 0.05) is 25.4 Å². The number of nitrogens with one attached hydrogen (secondary N) is 2. The van der Waals surface area contributed by atoms with Gasteiger partial charge in [-0.05, 0) is 5.92 Å². The number of amides is 1. The number of carbonyl (C=O) groups is 1. The predicted molar refractivity (Wildman–Crippen MR) is 72.6 cm³/mol. The van der Waals surface area contributed by atoms with Crippen LogP contribution >= 0.6 is 24.8 Å². The number of imidazole rings is 1. The quantitative estimate of drug-likeness (QED) is 0.750. The Labute approximate surface area is 114 Å². The van der Waals surface area contributed by atoms with Gasteiger partial charge in [0.25, 0.3) is 0 Å². The number of nitrogens with two attached hydrogens (primary N) is 1. The zero-order valence-corrected chi connectivity index (χ0v) is 11.6. The van der Waals surface area contributed by atoms with Crippen molar-refractivity contribution in [3.8, 4) is 0 Å². The van der Waals surface area contributed by atoms with Crippen LogP contribution in [0.4, 0.5) is 0 Å². The minimum absolute atomic E-state index is 0. The number of aromatic amines is 1. The summed E-state index contributed by atoms with van der Waals surface area (Å²) in [6.45, 7) is 4.42. The van der Waals surface area contributed by atoms with Crippen LogP contribution in [0.15, 0.2) is 12.4 Å². The molecular formula is C10H20Cl2N4O. The summed E-state index contributed by atoms with van der Waals surface area (Å²) in [6.07, 6.45) is 4.15. The lowest BCUT2D eigenvalue weighted by Crippen LogP contribution is -2.44. The third-order valence-electron chi connectivity index (χ3n) is 2.24. The summed E-state index contributed by atoms with van der Waals surface area (Å²) in [6, 6.07) is -0.429. The number of hydrogen-bond acceptors (Lipinski definition) is 3. The zero-order chi connectivity index (χ0) is 11.3. The average Bonchev–Trinajstić information content (AvgIpc) is 2.69. The van der Waals surface area contributed by atoms with Crippen LogP contribution in [0.1, 0.15) is 19.7 Å². The second-order valence-electron chi connectivity index (χ2n) is 3.85. The van der Waals surface area contributed by atoms with E-state index in [1.54, 1.807) is 12.4 Å². The SMILES string of the molecule is CC(C)[C@@H](N)C(=O)NCCc1ncc[nH]1.Cl.Cl. The van der Waals surface area contributed by atoms with Crippen LogP contribution in [0.3, 0.4) is 0 Å². The van der Waals surface area contributed by atoms with Crippen LogP contribution in [-0.2, 0) is 11.2 Å². The second kappa shape index (κ2) is 9.27. The lowest BCUT2D eigenvalue weighted by atomic mass is 10.1. The van der Waals surface area contributed by atoms with Gasteiger partial charge in [-0.1, -0.05) is 13.8 Å². The molecule has 0 spiro atoms. The first-order valence-electron chi connectivity index (χ1n) is 5.13. The number of aromatic nitrogens is 2. The van der Waals surface area contributed by atoms with E-state index < -0.39 is 6.04 Å². The Bertz CT molecular complexity index is 303. The van der Waals surface area contributed by atoms with E-state index in [4.69, 9.17) is 5.73 Å². The molecule has 0 saturated carbocycles. The molecule has 1 aromatic heterocycles. The molecule has 0 fully saturated rings. The number of rotatable bonds is 5. The van der Waals surface area contributed by atoms with E-state index in [1.807, 2.05) is 13.8 Å². The highest BCUT2D eigenvalue weighted by Gasteiger charge is 2.16. The molecule has 5 nitrogen and oxygen atoms in total. The van der Waals surface area contributed by atoms with Gasteiger partial charge in [0.15, 0.2) is 0 Å². The molecule has 4 N–H and O–H groups in total. The fraction of sp³-hybridized carbons (Fsp3) is 0.600. The topological polar surface area (TPSA) is 83.8 Å². The Kier molecular flexibility index (Phi) is 10.1. The largest absolute Gasteiger partial charge is 0.354 e. The number of carbonyl (C=O) groups excluding carboxylic acids is 1. The fourth-order valence-corrected chi connectivity index (χ4v) is 1.16. The number of H-pyrrole nitrogens is 1. The molecule has 1 heterocycles. The van der Waals surface area contributed by atoms with Crippen LogP contribution < -0.4 is 11.1 Å². The Balaban J connectivity index is 0. The minimum atomic E-state index is -0.429. The van der Waals surface area contributed by atoms with Gasteiger partial charge in [-0.2, -0.15) is 0 Å². The lowest BCUT2D eigenvalue weighted by Gasteiger charge is -2.14. The van der Waals surface area contributed by atoms with Crippen molar-refractivity contribution < 1.29 is 4.79 Å². The first-order valence-corrected chi connectivity index (χ1v) is 5.13. The number of nitrogens with zero attached hydrogens (tertiary/aromatic N) is 1. The zero-order valence-electron chi connectivity index (χ0n) is 9.97. The third kappa shape index (κ3) is 6.51. The van der Waals surface area contributed by atoms with Gasteiger partial charge in [-0.3, -0.25) is 4.79 Å². The summed E-state index contributed by atoms with van der Waals surface area (Å²) < 4.78 is 0. The average molecular weight is 283 g/mol. The maximum Gasteiger partial charge on any atom is 0.237 e. The van der Waals surface area contributed by atoms with Crippen LogP contribution in [0.25, 0.3) is 0 Å². The number of hydrogen-bond donors (Lipinski definition) is 3. The molecule has 1 rings (SSSR count). The summed E-state index contributed by atoms with van der Waals surface area (Å²) >= 11 is 0. The third-order valence-corrected chi connectivity index (χ3v) is 2.24. The minimum Gasteiger partial charge on any atom is -0.354 e. The standard InChI is InChI=1S/C10H18N4O.2ClH/c1-7(2)9(11)10(15)14-4-3-8-12-5-6-13-8;;/h5-7,9H,3-4,11H2,1-2H3,(H,12,13)(H,14,15);2*1H/t9-;;/m1../s1. The number of halogens is 2. The maximum absolute atomic E-state index is 11.4. The van der Waals surface area contributed by atoms with Crippen LogP contribution in [0, 0.1) is 5.92 Å². The van der Waals surface area contributed by atoms with E-state index >= 15 is 0 Å². The van der Waals surface area contributed by atoms with Gasteiger partial charge >= 0.3 is 0 Å². The molecule has 17 heavy (non-hydrogen) atoms. The van der Waals surface area contributed by atoms with Gasteiger partial charge in [0.2, 0.25) is 5.91 Å². The Morgan fingerprint density at radius 3 is 2.65 bits per heavy atom. The molecule has 0 aliphatic rings. The summed E-state index contributed by atoms with van der Waals surface area (Å²) in [5, 5.41) is 2.78. The first kappa shape index (κ1) is 18.6. The lowest BCUT2D eigenvalue weighted by molar-refractivity contribution is -0.123. The maximum atomic E-state index is 11.4. The molecule has 100 valence electrons. The first-order chi connectivity index (χ1) is 7.11. The van der Waals surface area contributed by atoms with Crippen molar-refractivity contribution in [2.24, 2.45) is 11.7 Å². The van der Waals surface area contributed by atoms with Crippen molar-refractivity contribution in [3.05, 3.63) is 18.2 Å². The van der Waals surface area contributed by atoms with E-state index in [0.717, 1.165) is 5.82 Å². The van der Waals surface area contributed by atoms with E-state index in [9.17, 15) is 4.79 Å². The van der Waals surface area contributed by atoms with E-state index in [-0.39, 0.29) is 36.6 Å². The van der Waals surface area contributed by atoms with Gasteiger partial charge < -0.3 is 16.0 Å². The molecule has 1 amide bonds. The van der Waals surface area contributed by atoms with E-state index in [1.165, 1.54) is 0 Å². The van der Waals surface area contributed by atoms with Gasteiger partial charge in [-0.15, -0.1) is 24.8 Å². The molecule has 7 heteroatoms. The van der Waals surface area contributed by atoms with Gasteiger partial charge in [-0.25, -0.2) is 4.98 Å². The Hall–Kier alpha value is -0.780. The molecule has 1 atom stereocenters. The van der Waals surface area contributed by atoms with Gasteiger partial charge in [0.1, 0.15) is 5.82 Å². The van der Waals surface area contributed by atoms with Crippen molar-refractivity contribution in [2.75, 3.05) is 6.54 Å². The van der Waals surface area contributed by atoms with Crippen molar-refractivity contribution in [1.82, 2.24) is 15.3 Å². The Morgan fingerprint density at radius 1 is 1.53 bits per heavy atom. The normalized spacial score (nSPS) is 11.3. The molecule has 0 radical (unpaired) electrons. The highest BCUT2D eigenvalue weighted by Crippen LogP contribution is 1.97. The summed E-state index contributed by atoms with van der Waals surface area (Å²) in [5.41, 5.74) is 5.68. The monoisotopic (exact) mass is 282 g/mol. The van der Waals surface area contributed by atoms with E-state index in [0.29, 0.717) is 13.0 Å². The van der Waals surface area contributed by atoms with Crippen molar-refractivity contribution in [3.63, 3.8) is 0 Å². The van der Waals surface area contributed by atoms with Crippen LogP contribution in [-0.4, -0.2) is 28.5 Å². The van der Waals surface area contributed by atoms with Crippen molar-refractivity contribution in [2.45, 2.75) is 26.3 Å². The summed E-state index contributed by atoms with van der Waals surface area (Å²) in [4.78, 5) is 18.5. The van der Waals surface area contributed by atoms with Crippen LogP contribution in [0.2, 0.25) is 0 Å². The summed E-state index contributed by atoms with van der Waals surface area (Å²) in [7, 11) is 0. The smallest absolute Gasteiger partial charge is 0.237 e. The van der Waals surface area contributed by atoms with Crippen LogP contribution in [0.5, 0.6) is 0 Å². The molecule has 0 bridgehead atoms. The molecule has 0 saturated heterocycles. The molecule has 0 unspecified atom stereocenters. The van der Waals surface area contributed by atoms with Gasteiger partial charge in [0.05, 0.1) is 6.04 Å². The Morgan fingerprint density at radius 2 is 2.18 bits per heavy atom. The second-order valence-corrected chi connectivity index (χ2v) is 3.85. The highest BCUT2D eigenvalue weighted by atomic mass is 35.5. The van der Waals surface area contributed by atoms with E-state index in [2.05, 4.69) is 15.3 Å². The summed E-state index contributed by atoms with van der Waals surface area (Å²) in [5.74, 6) is 0.929. The molecule has 0 aromatic carbocycles. The molecule has 0 aliphatic heterocycles. The molecule has 0 aliphatic carbocycles. The van der Waals surface area contributed by atoms with Crippen molar-refractivity contribution >= 4 is 30.7 Å². The van der Waals surface area contributed by atoms with Crippen molar-refractivity contribution in [1.29, 1.82) is 0 Å². The molecule has 1 aromatic rings.